The van der Waals surface area contributed by atoms with Crippen LogP contribution in [0, 0.1) is 0 Å². The average Bonchev–Trinajstić information content (AvgIpc) is 2.30. The number of carboxylic acids is 1. The molecule has 7 heteroatoms. The van der Waals surface area contributed by atoms with E-state index < -0.39 is 12.6 Å². The molecule has 0 radical (unpaired) electrons. The van der Waals surface area contributed by atoms with Gasteiger partial charge in [0.15, 0.2) is 0 Å². The van der Waals surface area contributed by atoms with E-state index in [0.29, 0.717) is 5.56 Å². The van der Waals surface area contributed by atoms with Gasteiger partial charge in [-0.25, -0.2) is 0 Å². The Hall–Kier alpha value is -2.18. The molecule has 1 amide bonds. The van der Waals surface area contributed by atoms with Gasteiger partial charge in [-0.2, -0.15) is 8.78 Å². The smallest absolute Gasteiger partial charge is 0.387 e. The van der Waals surface area contributed by atoms with Gasteiger partial charge >= 0.3 is 12.6 Å². The van der Waals surface area contributed by atoms with Crippen molar-refractivity contribution in [1.82, 2.24) is 4.90 Å². The van der Waals surface area contributed by atoms with Crippen molar-refractivity contribution >= 4 is 11.9 Å². The van der Waals surface area contributed by atoms with Gasteiger partial charge in [-0.05, 0) is 17.7 Å². The molecule has 1 aromatic carbocycles. The van der Waals surface area contributed by atoms with E-state index in [0.717, 1.165) is 4.90 Å². The number of hydrogen-bond donors (Lipinski definition) is 1. The zero-order valence-corrected chi connectivity index (χ0v) is 10.2. The molecule has 1 aromatic rings. The number of likely N-dealkylation sites (N-methyl/N-ethyl adjacent to an activating group) is 1. The van der Waals surface area contributed by atoms with Gasteiger partial charge in [0.1, 0.15) is 12.3 Å². The largest absolute Gasteiger partial charge is 0.480 e. The highest BCUT2D eigenvalue weighted by molar-refractivity contribution is 5.82. The molecule has 0 spiro atoms. The topological polar surface area (TPSA) is 66.8 Å². The first-order valence-corrected chi connectivity index (χ1v) is 5.38. The van der Waals surface area contributed by atoms with Crippen LogP contribution in [0.5, 0.6) is 5.75 Å². The fourth-order valence-electron chi connectivity index (χ4n) is 1.39. The molecule has 0 fully saturated rings. The molecule has 0 heterocycles. The molecular formula is C12H13F2NO4. The Balaban J connectivity index is 2.57. The predicted octanol–water partition coefficient (Wildman–Crippen LogP) is 1.37. The van der Waals surface area contributed by atoms with Gasteiger partial charge in [-0.1, -0.05) is 12.1 Å². The highest BCUT2D eigenvalue weighted by Gasteiger charge is 2.12. The van der Waals surface area contributed by atoms with E-state index in [-0.39, 0.29) is 24.6 Å². The maximum atomic E-state index is 11.9. The number of amides is 1. The Morgan fingerprint density at radius 2 is 1.89 bits per heavy atom. The van der Waals surface area contributed by atoms with Crippen LogP contribution in [0.25, 0.3) is 0 Å². The molecule has 0 unspecified atom stereocenters. The molecule has 0 saturated heterocycles. The summed E-state index contributed by atoms with van der Waals surface area (Å²) in [5.74, 6) is -1.47. The van der Waals surface area contributed by atoms with Gasteiger partial charge in [0.05, 0.1) is 6.42 Å². The molecule has 0 bridgehead atoms. The van der Waals surface area contributed by atoms with Crippen LogP contribution in [0.15, 0.2) is 24.3 Å². The minimum atomic E-state index is -2.89. The summed E-state index contributed by atoms with van der Waals surface area (Å²) in [5.41, 5.74) is 0.587. The summed E-state index contributed by atoms with van der Waals surface area (Å²) in [7, 11) is 1.38. The first kappa shape index (κ1) is 14.9. The van der Waals surface area contributed by atoms with Crippen molar-refractivity contribution in [3.05, 3.63) is 29.8 Å². The van der Waals surface area contributed by atoms with Crippen molar-refractivity contribution in [2.45, 2.75) is 13.0 Å². The summed E-state index contributed by atoms with van der Waals surface area (Å²) in [6.07, 6.45) is -0.00125. The van der Waals surface area contributed by atoms with Crippen LogP contribution in [0.4, 0.5) is 8.78 Å². The van der Waals surface area contributed by atoms with Crippen LogP contribution in [0.1, 0.15) is 5.56 Å². The van der Waals surface area contributed by atoms with Gasteiger partial charge in [-0.15, -0.1) is 0 Å². The molecular weight excluding hydrogens is 260 g/mol. The standard InChI is InChI=1S/C12H13F2NO4/c1-15(7-11(17)18)10(16)6-8-2-4-9(5-3-8)19-12(13)14/h2-5,12H,6-7H2,1H3,(H,17,18). The summed E-state index contributed by atoms with van der Waals surface area (Å²) in [6.45, 7) is -3.28. The van der Waals surface area contributed by atoms with Crippen LogP contribution in [0.3, 0.4) is 0 Å². The number of aliphatic carboxylic acids is 1. The lowest BCUT2D eigenvalue weighted by molar-refractivity contribution is -0.143. The van der Waals surface area contributed by atoms with Gasteiger partial charge in [0.25, 0.3) is 0 Å². The maximum absolute atomic E-state index is 11.9. The summed E-state index contributed by atoms with van der Waals surface area (Å²) >= 11 is 0. The second-order valence-electron chi connectivity index (χ2n) is 3.84. The number of hydrogen-bond acceptors (Lipinski definition) is 3. The molecule has 1 rings (SSSR count). The molecule has 0 aliphatic rings. The Morgan fingerprint density at radius 1 is 1.32 bits per heavy atom. The molecule has 0 aromatic heterocycles. The molecule has 1 N–H and O–H groups in total. The molecule has 0 aliphatic heterocycles. The van der Waals surface area contributed by atoms with E-state index in [1.54, 1.807) is 0 Å². The number of carbonyl (C=O) groups is 2. The quantitative estimate of drug-likeness (QED) is 0.850. The van der Waals surface area contributed by atoms with E-state index >= 15 is 0 Å². The lowest BCUT2D eigenvalue weighted by Crippen LogP contribution is -2.33. The monoisotopic (exact) mass is 273 g/mol. The maximum Gasteiger partial charge on any atom is 0.387 e. The SMILES string of the molecule is CN(CC(=O)O)C(=O)Cc1ccc(OC(F)F)cc1. The van der Waals surface area contributed by atoms with Crippen molar-refractivity contribution in [3.63, 3.8) is 0 Å². The minimum absolute atomic E-state index is 0.00125. The summed E-state index contributed by atoms with van der Waals surface area (Å²) in [5, 5.41) is 8.54. The number of halogens is 2. The number of alkyl halides is 2. The van der Waals surface area contributed by atoms with Crippen LogP contribution in [0.2, 0.25) is 0 Å². The fourth-order valence-corrected chi connectivity index (χ4v) is 1.39. The Labute approximate surface area is 108 Å². The Bertz CT molecular complexity index is 448. The van der Waals surface area contributed by atoms with Crippen LogP contribution >= 0.6 is 0 Å². The first-order chi connectivity index (χ1) is 8.88. The van der Waals surface area contributed by atoms with Crippen LogP contribution < -0.4 is 4.74 Å². The normalized spacial score (nSPS) is 10.3. The van der Waals surface area contributed by atoms with Gasteiger partial charge in [-0.3, -0.25) is 9.59 Å². The third-order valence-electron chi connectivity index (χ3n) is 2.30. The molecule has 0 atom stereocenters. The van der Waals surface area contributed by atoms with E-state index in [1.165, 1.54) is 31.3 Å². The second-order valence-corrected chi connectivity index (χ2v) is 3.84. The molecule has 104 valence electrons. The third kappa shape index (κ3) is 5.33. The van der Waals surface area contributed by atoms with Crippen molar-refractivity contribution < 1.29 is 28.2 Å². The van der Waals surface area contributed by atoms with Crippen LogP contribution in [-0.4, -0.2) is 42.1 Å². The van der Waals surface area contributed by atoms with Crippen LogP contribution in [-0.2, 0) is 16.0 Å². The molecule has 0 aliphatic carbocycles. The molecule has 5 nitrogen and oxygen atoms in total. The highest BCUT2D eigenvalue weighted by Crippen LogP contribution is 2.15. The number of nitrogens with zero attached hydrogens (tertiary/aromatic N) is 1. The number of rotatable bonds is 6. The molecule has 0 saturated carbocycles. The van der Waals surface area contributed by atoms with E-state index in [9.17, 15) is 18.4 Å². The fraction of sp³-hybridized carbons (Fsp3) is 0.333. The van der Waals surface area contributed by atoms with Gasteiger partial charge < -0.3 is 14.7 Å². The molecule has 19 heavy (non-hydrogen) atoms. The predicted molar refractivity (Wildman–Crippen MR) is 62.1 cm³/mol. The third-order valence-corrected chi connectivity index (χ3v) is 2.30. The number of benzene rings is 1. The lowest BCUT2D eigenvalue weighted by Gasteiger charge is -2.14. The highest BCUT2D eigenvalue weighted by atomic mass is 19.3. The van der Waals surface area contributed by atoms with Crippen molar-refractivity contribution in [3.8, 4) is 5.75 Å². The average molecular weight is 273 g/mol. The lowest BCUT2D eigenvalue weighted by atomic mass is 10.1. The summed E-state index contributed by atoms with van der Waals surface area (Å²) in [6, 6.07) is 5.60. The first-order valence-electron chi connectivity index (χ1n) is 5.38. The minimum Gasteiger partial charge on any atom is -0.480 e. The number of carboxylic acid groups (broad SMARTS) is 1. The number of carbonyl (C=O) groups excluding carboxylic acids is 1. The Kier molecular flexibility index (Phi) is 5.23. The van der Waals surface area contributed by atoms with E-state index in [1.807, 2.05) is 0 Å². The Morgan fingerprint density at radius 3 is 2.37 bits per heavy atom. The number of ether oxygens (including phenoxy) is 1. The zero-order chi connectivity index (χ0) is 14.4. The second kappa shape index (κ2) is 6.67. The van der Waals surface area contributed by atoms with Crippen molar-refractivity contribution in [1.29, 1.82) is 0 Å². The van der Waals surface area contributed by atoms with Crippen molar-refractivity contribution in [2.24, 2.45) is 0 Å². The van der Waals surface area contributed by atoms with E-state index in [2.05, 4.69) is 4.74 Å². The van der Waals surface area contributed by atoms with Gasteiger partial charge in [0, 0.05) is 7.05 Å². The van der Waals surface area contributed by atoms with Crippen molar-refractivity contribution in [2.75, 3.05) is 13.6 Å². The summed E-state index contributed by atoms with van der Waals surface area (Å²) < 4.78 is 28.0. The van der Waals surface area contributed by atoms with E-state index in [4.69, 9.17) is 5.11 Å². The van der Waals surface area contributed by atoms with Gasteiger partial charge in [0.2, 0.25) is 5.91 Å². The zero-order valence-electron chi connectivity index (χ0n) is 10.2. The summed E-state index contributed by atoms with van der Waals surface area (Å²) in [4.78, 5) is 23.1.